The molecular formula is C23H19BrN4O2. The number of benzene rings is 1. The number of hydrogen-bond donors (Lipinski definition) is 1. The Labute approximate surface area is 181 Å². The molecule has 0 fully saturated rings. The Balaban J connectivity index is 1.31. The second kappa shape index (κ2) is 8.01. The highest BCUT2D eigenvalue weighted by Crippen LogP contribution is 2.22. The lowest BCUT2D eigenvalue weighted by atomic mass is 10.1. The van der Waals surface area contributed by atoms with Gasteiger partial charge in [0, 0.05) is 42.3 Å². The van der Waals surface area contributed by atoms with Crippen LogP contribution in [-0.2, 0) is 19.5 Å². The summed E-state index contributed by atoms with van der Waals surface area (Å²) in [4.78, 5) is 27.0. The molecule has 0 amide bonds. The molecule has 30 heavy (non-hydrogen) atoms. The average molecular weight is 463 g/mol. The molecule has 0 bridgehead atoms. The first kappa shape index (κ1) is 19.0. The molecule has 4 aromatic rings. The van der Waals surface area contributed by atoms with Gasteiger partial charge in [-0.1, -0.05) is 34.1 Å². The van der Waals surface area contributed by atoms with E-state index in [0.717, 1.165) is 52.1 Å². The largest absolute Gasteiger partial charge is 0.461 e. The summed E-state index contributed by atoms with van der Waals surface area (Å²) in [6, 6.07) is 15.8. The zero-order valence-electron chi connectivity index (χ0n) is 16.1. The fourth-order valence-electron chi connectivity index (χ4n) is 3.71. The molecular weight excluding hydrogens is 444 g/mol. The van der Waals surface area contributed by atoms with Crippen molar-refractivity contribution in [2.75, 3.05) is 6.54 Å². The highest BCUT2D eigenvalue weighted by Gasteiger charge is 2.22. The van der Waals surface area contributed by atoms with E-state index < -0.39 is 0 Å². The van der Waals surface area contributed by atoms with Gasteiger partial charge < -0.3 is 9.40 Å². The summed E-state index contributed by atoms with van der Waals surface area (Å²) in [7, 11) is 0. The van der Waals surface area contributed by atoms with E-state index in [2.05, 4.69) is 41.8 Å². The molecule has 0 saturated heterocycles. The Kier molecular flexibility index (Phi) is 5.06. The van der Waals surface area contributed by atoms with Crippen LogP contribution in [0, 0.1) is 0 Å². The van der Waals surface area contributed by atoms with Crippen LogP contribution in [0.25, 0.3) is 22.8 Å². The Morgan fingerprint density at radius 2 is 2.00 bits per heavy atom. The molecule has 3 aromatic heterocycles. The monoisotopic (exact) mass is 462 g/mol. The van der Waals surface area contributed by atoms with Crippen LogP contribution in [0.2, 0.25) is 0 Å². The van der Waals surface area contributed by atoms with Gasteiger partial charge in [0.05, 0.1) is 23.2 Å². The van der Waals surface area contributed by atoms with Gasteiger partial charge in [-0.25, -0.2) is 4.98 Å². The minimum Gasteiger partial charge on any atom is -0.461 e. The number of H-pyrrole nitrogens is 1. The first-order chi connectivity index (χ1) is 14.7. The molecule has 7 heteroatoms. The number of fused-ring (bicyclic) bond motifs is 1. The molecule has 1 aliphatic rings. The number of rotatable bonds is 4. The first-order valence-corrected chi connectivity index (χ1v) is 10.5. The molecule has 4 heterocycles. The fraction of sp³-hybridized carbons (Fsp3) is 0.174. The number of halogens is 1. The van der Waals surface area contributed by atoms with Gasteiger partial charge >= 0.3 is 0 Å². The van der Waals surface area contributed by atoms with Crippen LogP contribution in [0.5, 0.6) is 0 Å². The van der Waals surface area contributed by atoms with Gasteiger partial charge in [0.2, 0.25) is 0 Å². The third kappa shape index (κ3) is 3.86. The second-order valence-electron chi connectivity index (χ2n) is 7.34. The molecule has 1 aromatic carbocycles. The number of pyridine rings is 1. The molecule has 1 aliphatic heterocycles. The van der Waals surface area contributed by atoms with Gasteiger partial charge in [-0.2, -0.15) is 0 Å². The summed E-state index contributed by atoms with van der Waals surface area (Å²) in [5.74, 6) is 1.07. The summed E-state index contributed by atoms with van der Waals surface area (Å²) in [5, 5.41) is 0. The lowest BCUT2D eigenvalue weighted by molar-refractivity contribution is 0.241. The first-order valence-electron chi connectivity index (χ1n) is 9.75. The van der Waals surface area contributed by atoms with E-state index in [1.54, 1.807) is 18.4 Å². The van der Waals surface area contributed by atoms with Crippen molar-refractivity contribution in [1.29, 1.82) is 0 Å². The van der Waals surface area contributed by atoms with Gasteiger partial charge in [0.15, 0.2) is 11.6 Å². The van der Waals surface area contributed by atoms with Crippen LogP contribution >= 0.6 is 15.9 Å². The predicted octanol–water partition coefficient (Wildman–Crippen LogP) is 4.41. The Morgan fingerprint density at radius 3 is 2.73 bits per heavy atom. The zero-order valence-corrected chi connectivity index (χ0v) is 17.7. The topological polar surface area (TPSA) is 75.0 Å². The number of nitrogens with one attached hydrogen (secondary N) is 1. The van der Waals surface area contributed by atoms with Crippen molar-refractivity contribution in [3.63, 3.8) is 0 Å². The van der Waals surface area contributed by atoms with E-state index >= 15 is 0 Å². The van der Waals surface area contributed by atoms with Crippen molar-refractivity contribution in [2.24, 2.45) is 0 Å². The summed E-state index contributed by atoms with van der Waals surface area (Å²) in [5.41, 5.74) is 4.64. The highest BCUT2D eigenvalue weighted by atomic mass is 79.9. The third-order valence-electron chi connectivity index (χ3n) is 5.27. The van der Waals surface area contributed by atoms with Gasteiger partial charge in [0.1, 0.15) is 0 Å². The summed E-state index contributed by atoms with van der Waals surface area (Å²) >= 11 is 3.46. The fourth-order valence-corrected chi connectivity index (χ4v) is 3.98. The van der Waals surface area contributed by atoms with Crippen LogP contribution in [0.4, 0.5) is 0 Å². The molecule has 6 nitrogen and oxygen atoms in total. The molecule has 150 valence electrons. The smallest absolute Gasteiger partial charge is 0.256 e. The van der Waals surface area contributed by atoms with Gasteiger partial charge in [-0.15, -0.1) is 0 Å². The highest BCUT2D eigenvalue weighted by molar-refractivity contribution is 9.10. The predicted molar refractivity (Wildman–Crippen MR) is 118 cm³/mol. The Hall–Kier alpha value is -3.03. The Bertz CT molecular complexity index is 1220. The van der Waals surface area contributed by atoms with Crippen LogP contribution < -0.4 is 5.56 Å². The number of nitrogens with zero attached hydrogens (tertiary/aromatic N) is 3. The maximum absolute atomic E-state index is 12.6. The summed E-state index contributed by atoms with van der Waals surface area (Å²) in [6.07, 6.45) is 4.22. The zero-order chi connectivity index (χ0) is 20.5. The van der Waals surface area contributed by atoms with E-state index in [-0.39, 0.29) is 5.56 Å². The summed E-state index contributed by atoms with van der Waals surface area (Å²) < 4.78 is 6.41. The van der Waals surface area contributed by atoms with Gasteiger partial charge in [0.25, 0.3) is 5.56 Å². The van der Waals surface area contributed by atoms with Crippen molar-refractivity contribution >= 4 is 15.9 Å². The third-order valence-corrected chi connectivity index (χ3v) is 5.80. The van der Waals surface area contributed by atoms with Crippen LogP contribution in [0.1, 0.15) is 16.8 Å². The van der Waals surface area contributed by atoms with E-state index in [4.69, 9.17) is 4.42 Å². The quantitative estimate of drug-likeness (QED) is 0.485. The average Bonchev–Trinajstić information content (AvgIpc) is 3.30. The van der Waals surface area contributed by atoms with Crippen molar-refractivity contribution in [1.82, 2.24) is 19.9 Å². The minimum absolute atomic E-state index is 0.0974. The second-order valence-corrected chi connectivity index (χ2v) is 8.25. The number of aromatic nitrogens is 3. The lowest BCUT2D eigenvalue weighted by Gasteiger charge is -2.27. The molecule has 5 rings (SSSR count). The molecule has 0 unspecified atom stereocenters. The van der Waals surface area contributed by atoms with E-state index in [9.17, 15) is 4.79 Å². The van der Waals surface area contributed by atoms with E-state index in [0.29, 0.717) is 18.1 Å². The van der Waals surface area contributed by atoms with E-state index in [1.165, 1.54) is 0 Å². The van der Waals surface area contributed by atoms with Gasteiger partial charge in [-0.05, 0) is 35.9 Å². The number of furan rings is 1. The molecule has 0 atom stereocenters. The number of hydrogen-bond acceptors (Lipinski definition) is 5. The van der Waals surface area contributed by atoms with Crippen LogP contribution in [0.3, 0.4) is 0 Å². The molecule has 0 saturated carbocycles. The minimum atomic E-state index is -0.0974. The molecule has 0 spiro atoms. The molecule has 1 N–H and O–H groups in total. The normalized spacial score (nSPS) is 13.9. The molecule has 0 radical (unpaired) electrons. The van der Waals surface area contributed by atoms with Crippen molar-refractivity contribution < 1.29 is 4.42 Å². The lowest BCUT2D eigenvalue weighted by Crippen LogP contribution is -2.35. The van der Waals surface area contributed by atoms with Crippen molar-refractivity contribution in [3.05, 3.63) is 92.6 Å². The maximum atomic E-state index is 12.6. The van der Waals surface area contributed by atoms with E-state index in [1.807, 2.05) is 36.5 Å². The SMILES string of the molecule is O=c1[nH]c(-c2ccco2)nc2c1CN(Cc1ccc(-c3ccc(Br)cc3)nc1)CC2. The summed E-state index contributed by atoms with van der Waals surface area (Å²) in [6.45, 7) is 2.16. The van der Waals surface area contributed by atoms with Gasteiger partial charge in [-0.3, -0.25) is 14.7 Å². The maximum Gasteiger partial charge on any atom is 0.256 e. The van der Waals surface area contributed by atoms with Crippen LogP contribution in [0.15, 0.2) is 74.7 Å². The molecule has 0 aliphatic carbocycles. The Morgan fingerprint density at radius 1 is 1.13 bits per heavy atom. The van der Waals surface area contributed by atoms with Crippen LogP contribution in [-0.4, -0.2) is 26.4 Å². The number of aromatic amines is 1. The standard InChI is InChI=1S/C23H19BrN4O2/c24-17-6-4-16(5-7-17)19-8-3-15(12-25-19)13-28-10-9-20-18(14-28)23(29)27-22(26-20)21-2-1-11-30-21/h1-8,11-12H,9-10,13-14H2,(H,26,27,29). The van der Waals surface area contributed by atoms with Crippen molar-refractivity contribution in [2.45, 2.75) is 19.5 Å². The van der Waals surface area contributed by atoms with Crippen molar-refractivity contribution in [3.8, 4) is 22.8 Å².